The molecule has 18 heavy (non-hydrogen) atoms. The van der Waals surface area contributed by atoms with Crippen LogP contribution in [-0.2, 0) is 6.54 Å². The fraction of sp³-hybridized carbons (Fsp3) is 0.0833. The number of aromatic nitrogens is 2. The summed E-state index contributed by atoms with van der Waals surface area (Å²) >= 11 is 11.1. The van der Waals surface area contributed by atoms with Gasteiger partial charge in [-0.25, -0.2) is 4.98 Å². The van der Waals surface area contributed by atoms with E-state index in [1.165, 1.54) is 4.88 Å². The molecule has 0 saturated carbocycles. The lowest BCUT2D eigenvalue weighted by molar-refractivity contribution is 0.853. The summed E-state index contributed by atoms with van der Waals surface area (Å²) in [6, 6.07) is 9.74. The average molecular weight is 343 g/mol. The number of halogens is 2. The minimum atomic E-state index is 0.511. The maximum atomic E-state index is 5.96. The van der Waals surface area contributed by atoms with Gasteiger partial charge in [0.15, 0.2) is 0 Å². The first-order chi connectivity index (χ1) is 8.63. The number of rotatable bonds is 2. The average Bonchev–Trinajstić information content (AvgIpc) is 2.84. The lowest BCUT2D eigenvalue weighted by Gasteiger charge is -2.04. The molecule has 0 aliphatic rings. The first kappa shape index (κ1) is 12.0. The van der Waals surface area contributed by atoms with Crippen molar-refractivity contribution >= 4 is 55.8 Å². The highest BCUT2D eigenvalue weighted by Gasteiger charge is 2.09. The second-order valence-corrected chi connectivity index (χ2v) is 6.88. The smallest absolute Gasteiger partial charge is 0.201 e. The summed E-state index contributed by atoms with van der Waals surface area (Å²) in [7, 11) is 0. The molecule has 0 fully saturated rings. The number of hydrogen-bond donors (Lipinski definition) is 1. The Hall–Kier alpha value is -1.04. The van der Waals surface area contributed by atoms with E-state index in [-0.39, 0.29) is 0 Å². The molecular formula is C12H9BrClN3S. The minimum Gasteiger partial charge on any atom is -0.369 e. The van der Waals surface area contributed by atoms with Gasteiger partial charge in [-0.15, -0.1) is 11.3 Å². The number of nitrogen functional groups attached to an aromatic ring is 1. The van der Waals surface area contributed by atoms with Crippen LogP contribution in [0, 0.1) is 0 Å². The van der Waals surface area contributed by atoms with E-state index in [0.29, 0.717) is 11.0 Å². The van der Waals surface area contributed by atoms with Crippen LogP contribution < -0.4 is 5.73 Å². The van der Waals surface area contributed by atoms with Crippen LogP contribution in [0.5, 0.6) is 0 Å². The van der Waals surface area contributed by atoms with Crippen molar-refractivity contribution in [2.75, 3.05) is 5.73 Å². The lowest BCUT2D eigenvalue weighted by atomic mass is 10.3. The molecule has 0 radical (unpaired) electrons. The third-order valence-electron chi connectivity index (χ3n) is 2.68. The minimum absolute atomic E-state index is 0.511. The van der Waals surface area contributed by atoms with E-state index >= 15 is 0 Å². The zero-order chi connectivity index (χ0) is 12.7. The third kappa shape index (κ3) is 2.13. The van der Waals surface area contributed by atoms with Crippen molar-refractivity contribution in [3.8, 4) is 0 Å². The van der Waals surface area contributed by atoms with Crippen molar-refractivity contribution in [3.63, 3.8) is 0 Å². The number of imidazole rings is 1. The molecule has 0 atom stereocenters. The van der Waals surface area contributed by atoms with Crippen LogP contribution in [0.1, 0.15) is 4.88 Å². The molecule has 3 nitrogen and oxygen atoms in total. The first-order valence-electron chi connectivity index (χ1n) is 5.29. The molecule has 0 aliphatic carbocycles. The molecule has 0 spiro atoms. The molecule has 6 heteroatoms. The highest BCUT2D eigenvalue weighted by atomic mass is 79.9. The highest BCUT2D eigenvalue weighted by molar-refractivity contribution is 9.11. The number of fused-ring (bicyclic) bond motifs is 1. The van der Waals surface area contributed by atoms with Gasteiger partial charge in [0.2, 0.25) is 5.95 Å². The Morgan fingerprint density at radius 2 is 2.17 bits per heavy atom. The third-order valence-corrected chi connectivity index (χ3v) is 4.53. The quantitative estimate of drug-likeness (QED) is 0.760. The maximum absolute atomic E-state index is 5.96. The molecule has 92 valence electrons. The van der Waals surface area contributed by atoms with Gasteiger partial charge in [-0.1, -0.05) is 11.6 Å². The zero-order valence-electron chi connectivity index (χ0n) is 9.23. The Labute approximate surface area is 121 Å². The van der Waals surface area contributed by atoms with Crippen LogP contribution in [0.2, 0.25) is 5.02 Å². The van der Waals surface area contributed by atoms with E-state index in [1.54, 1.807) is 11.3 Å². The summed E-state index contributed by atoms with van der Waals surface area (Å²) < 4.78 is 3.10. The van der Waals surface area contributed by atoms with Gasteiger partial charge in [-0.05, 0) is 46.3 Å². The lowest BCUT2D eigenvalue weighted by Crippen LogP contribution is -2.03. The monoisotopic (exact) mass is 341 g/mol. The molecule has 1 aromatic carbocycles. The number of hydrogen-bond acceptors (Lipinski definition) is 3. The summed E-state index contributed by atoms with van der Waals surface area (Å²) in [5.74, 6) is 0.511. The highest BCUT2D eigenvalue weighted by Crippen LogP contribution is 2.26. The SMILES string of the molecule is Nc1nc2cc(Cl)ccc2n1Cc1ccc(Br)s1. The molecule has 2 heterocycles. The Morgan fingerprint density at radius 1 is 1.33 bits per heavy atom. The van der Waals surface area contributed by atoms with E-state index in [2.05, 4.69) is 27.0 Å². The van der Waals surface area contributed by atoms with Crippen molar-refractivity contribution in [2.45, 2.75) is 6.54 Å². The van der Waals surface area contributed by atoms with Gasteiger partial charge in [0.05, 0.1) is 21.4 Å². The Balaban J connectivity index is 2.08. The maximum Gasteiger partial charge on any atom is 0.201 e. The summed E-state index contributed by atoms with van der Waals surface area (Å²) in [6.45, 7) is 0.722. The number of nitrogens with two attached hydrogens (primary N) is 1. The van der Waals surface area contributed by atoms with Gasteiger partial charge in [0, 0.05) is 9.90 Å². The number of thiophene rings is 1. The van der Waals surface area contributed by atoms with Crippen molar-refractivity contribution in [2.24, 2.45) is 0 Å². The molecule has 2 aromatic heterocycles. The van der Waals surface area contributed by atoms with E-state index < -0.39 is 0 Å². The van der Waals surface area contributed by atoms with E-state index in [4.69, 9.17) is 17.3 Å². The van der Waals surface area contributed by atoms with Crippen molar-refractivity contribution in [1.29, 1.82) is 0 Å². The fourth-order valence-electron chi connectivity index (χ4n) is 1.88. The van der Waals surface area contributed by atoms with Gasteiger partial charge in [-0.2, -0.15) is 0 Å². The first-order valence-corrected chi connectivity index (χ1v) is 7.28. The van der Waals surface area contributed by atoms with E-state index in [9.17, 15) is 0 Å². The number of benzene rings is 1. The van der Waals surface area contributed by atoms with E-state index in [1.807, 2.05) is 28.8 Å². The molecule has 0 saturated heterocycles. The predicted octanol–water partition coefficient (Wildman–Crippen LogP) is 4.14. The molecule has 0 unspecified atom stereocenters. The van der Waals surface area contributed by atoms with Crippen LogP contribution in [-0.4, -0.2) is 9.55 Å². The van der Waals surface area contributed by atoms with Crippen LogP contribution in [0.25, 0.3) is 11.0 Å². The van der Waals surface area contributed by atoms with Crippen LogP contribution in [0.4, 0.5) is 5.95 Å². The standard InChI is InChI=1S/C12H9BrClN3S/c13-11-4-2-8(18-11)6-17-10-3-1-7(14)5-9(10)16-12(17)15/h1-5H,6H2,(H2,15,16). The Kier molecular flexibility index (Phi) is 3.05. The summed E-state index contributed by atoms with van der Waals surface area (Å²) in [4.78, 5) is 5.55. The largest absolute Gasteiger partial charge is 0.369 e. The second kappa shape index (κ2) is 4.57. The van der Waals surface area contributed by atoms with Gasteiger partial charge in [-0.3, -0.25) is 0 Å². The van der Waals surface area contributed by atoms with Crippen molar-refractivity contribution < 1.29 is 0 Å². The fourth-order valence-corrected chi connectivity index (χ4v) is 3.52. The predicted molar refractivity (Wildman–Crippen MR) is 80.3 cm³/mol. The van der Waals surface area contributed by atoms with E-state index in [0.717, 1.165) is 21.4 Å². The van der Waals surface area contributed by atoms with Crippen LogP contribution >= 0.6 is 38.9 Å². The zero-order valence-corrected chi connectivity index (χ0v) is 12.4. The Bertz CT molecular complexity index is 719. The summed E-state index contributed by atoms with van der Waals surface area (Å²) in [6.07, 6.45) is 0. The van der Waals surface area contributed by atoms with Gasteiger partial charge < -0.3 is 10.3 Å². The normalized spacial score (nSPS) is 11.2. The molecular weight excluding hydrogens is 334 g/mol. The van der Waals surface area contributed by atoms with Gasteiger partial charge in [0.25, 0.3) is 0 Å². The summed E-state index contributed by atoms with van der Waals surface area (Å²) in [5.41, 5.74) is 7.79. The topological polar surface area (TPSA) is 43.8 Å². The van der Waals surface area contributed by atoms with Crippen molar-refractivity contribution in [1.82, 2.24) is 9.55 Å². The molecule has 3 aromatic rings. The molecule has 0 aliphatic heterocycles. The second-order valence-electron chi connectivity index (χ2n) is 3.90. The van der Waals surface area contributed by atoms with Gasteiger partial charge in [0.1, 0.15) is 0 Å². The van der Waals surface area contributed by atoms with Crippen LogP contribution in [0.15, 0.2) is 34.1 Å². The van der Waals surface area contributed by atoms with Crippen molar-refractivity contribution in [3.05, 3.63) is 44.0 Å². The molecule has 0 bridgehead atoms. The molecule has 2 N–H and O–H groups in total. The Morgan fingerprint density at radius 3 is 2.89 bits per heavy atom. The van der Waals surface area contributed by atoms with Gasteiger partial charge >= 0.3 is 0 Å². The molecule has 3 rings (SSSR count). The van der Waals surface area contributed by atoms with Crippen LogP contribution in [0.3, 0.4) is 0 Å². The number of nitrogens with zero attached hydrogens (tertiary/aromatic N) is 2. The molecule has 0 amide bonds. The number of anilines is 1. The summed E-state index contributed by atoms with van der Waals surface area (Å²) in [5, 5.41) is 0.672.